The van der Waals surface area contributed by atoms with Crippen molar-refractivity contribution < 1.29 is 13.9 Å². The summed E-state index contributed by atoms with van der Waals surface area (Å²) in [6.45, 7) is 13.8. The lowest BCUT2D eigenvalue weighted by atomic mass is 10.0. The summed E-state index contributed by atoms with van der Waals surface area (Å²) in [6.07, 6.45) is 1.82. The molecule has 0 saturated heterocycles. The number of carbonyl (C=O) groups excluding carboxylic acids is 1. The van der Waals surface area contributed by atoms with Gasteiger partial charge < -0.3 is 4.74 Å². The predicted octanol–water partition coefficient (Wildman–Crippen LogP) is 4.95. The van der Waals surface area contributed by atoms with E-state index < -0.39 is 23.4 Å². The van der Waals surface area contributed by atoms with E-state index in [1.165, 1.54) is 6.20 Å². The lowest BCUT2D eigenvalue weighted by Gasteiger charge is -2.20. The van der Waals surface area contributed by atoms with Crippen molar-refractivity contribution in [1.29, 1.82) is 0 Å². The molecule has 134 valence electrons. The molecule has 1 heterocycles. The van der Waals surface area contributed by atoms with Crippen molar-refractivity contribution in [3.8, 4) is 0 Å². The van der Waals surface area contributed by atoms with Crippen LogP contribution in [-0.2, 0) is 9.53 Å². The normalized spacial score (nSPS) is 10.9. The summed E-state index contributed by atoms with van der Waals surface area (Å²) in [7, 11) is 0. The van der Waals surface area contributed by atoms with Gasteiger partial charge in [-0.25, -0.2) is 9.18 Å². The van der Waals surface area contributed by atoms with Gasteiger partial charge in [-0.3, -0.25) is 9.36 Å². The Hall–Kier alpha value is -1.17. The maximum Gasteiger partial charge on any atom is 0.329 e. The topological polar surface area (TPSA) is 48.3 Å². The molecule has 1 unspecified atom stereocenters. The highest BCUT2D eigenvalue weighted by Gasteiger charge is 2.25. The molecule has 1 rings (SSSR count). The molecular weight excluding hydrogens is 365 g/mol. The molecule has 0 bridgehead atoms. The Kier molecular flexibility index (Phi) is 13.9. The summed E-state index contributed by atoms with van der Waals surface area (Å²) in [6, 6.07) is 0.274. The maximum absolute atomic E-state index is 13.5. The van der Waals surface area contributed by atoms with Gasteiger partial charge in [-0.05, 0) is 41.3 Å². The van der Waals surface area contributed by atoms with E-state index in [0.29, 0.717) is 10.9 Å². The molecule has 1 atom stereocenters. The molecule has 0 saturated carbocycles. The van der Waals surface area contributed by atoms with Gasteiger partial charge in [0.15, 0.2) is 5.82 Å². The number of ether oxygens (including phenoxy) is 1. The Morgan fingerprint density at radius 1 is 1.30 bits per heavy atom. The van der Waals surface area contributed by atoms with Crippen LogP contribution in [0.25, 0.3) is 0 Å². The molecule has 6 heteroatoms. The van der Waals surface area contributed by atoms with Gasteiger partial charge in [-0.1, -0.05) is 41.5 Å². The zero-order chi connectivity index (χ0) is 18.6. The van der Waals surface area contributed by atoms with Crippen LogP contribution in [0.1, 0.15) is 60.9 Å². The second-order valence-electron chi connectivity index (χ2n) is 4.62. The fourth-order valence-corrected chi connectivity index (χ4v) is 2.20. The van der Waals surface area contributed by atoms with Gasteiger partial charge in [0.1, 0.15) is 6.04 Å². The van der Waals surface area contributed by atoms with Gasteiger partial charge >= 0.3 is 5.97 Å². The van der Waals surface area contributed by atoms with Gasteiger partial charge in [-0.15, -0.1) is 0 Å². The zero-order valence-electron chi connectivity index (χ0n) is 15.2. The van der Waals surface area contributed by atoms with Crippen LogP contribution in [0.2, 0.25) is 0 Å². The first-order valence-corrected chi connectivity index (χ1v) is 8.90. The summed E-state index contributed by atoms with van der Waals surface area (Å²) < 4.78 is 19.9. The van der Waals surface area contributed by atoms with Crippen LogP contribution in [0.15, 0.2) is 21.5 Å². The number of pyridine rings is 1. The Bertz CT molecular complexity index is 515. The molecule has 0 aliphatic heterocycles. The second kappa shape index (κ2) is 13.3. The fraction of sp³-hybridized carbons (Fsp3) is 0.647. The van der Waals surface area contributed by atoms with Crippen molar-refractivity contribution in [1.82, 2.24) is 4.57 Å². The van der Waals surface area contributed by atoms with E-state index in [0.717, 1.165) is 10.6 Å². The van der Waals surface area contributed by atoms with Crippen LogP contribution in [0, 0.1) is 11.7 Å². The number of hydrogen-bond acceptors (Lipinski definition) is 3. The van der Waals surface area contributed by atoms with Gasteiger partial charge in [0.05, 0.1) is 6.61 Å². The molecule has 0 amide bonds. The minimum atomic E-state index is -0.896. The molecule has 0 fully saturated rings. The van der Waals surface area contributed by atoms with Gasteiger partial charge in [0.2, 0.25) is 0 Å². The van der Waals surface area contributed by atoms with Crippen molar-refractivity contribution >= 4 is 21.9 Å². The van der Waals surface area contributed by atoms with Crippen molar-refractivity contribution in [2.24, 2.45) is 5.92 Å². The quantitative estimate of drug-likeness (QED) is 0.664. The predicted molar refractivity (Wildman–Crippen MR) is 96.2 cm³/mol. The Labute approximate surface area is 147 Å². The summed E-state index contributed by atoms with van der Waals surface area (Å²) in [4.78, 5) is 23.7. The number of esters is 1. The van der Waals surface area contributed by atoms with E-state index >= 15 is 0 Å². The lowest BCUT2D eigenvalue weighted by molar-refractivity contribution is -0.147. The summed E-state index contributed by atoms with van der Waals surface area (Å²) in [5, 5.41) is 0. The SMILES string of the molecule is CC.CC.CCOC(=O)C(CC(C)C)n1cc(Br)cc(F)c1=O. The lowest BCUT2D eigenvalue weighted by Crippen LogP contribution is -2.33. The number of halogens is 2. The molecule has 1 aromatic rings. The molecule has 0 aromatic carbocycles. The highest BCUT2D eigenvalue weighted by Crippen LogP contribution is 2.20. The first-order chi connectivity index (χ1) is 10.9. The summed E-state index contributed by atoms with van der Waals surface area (Å²) in [5.74, 6) is -1.24. The van der Waals surface area contributed by atoms with Gasteiger partial charge in [0, 0.05) is 10.7 Å². The first kappa shape index (κ1) is 24.1. The smallest absolute Gasteiger partial charge is 0.329 e. The van der Waals surface area contributed by atoms with Crippen molar-refractivity contribution in [3.05, 3.63) is 32.9 Å². The molecule has 0 radical (unpaired) electrons. The molecule has 4 nitrogen and oxygen atoms in total. The van der Waals surface area contributed by atoms with Crippen LogP contribution in [0.5, 0.6) is 0 Å². The van der Waals surface area contributed by atoms with Crippen molar-refractivity contribution in [2.45, 2.75) is 60.9 Å². The monoisotopic (exact) mass is 393 g/mol. The fourth-order valence-electron chi connectivity index (χ4n) is 1.77. The van der Waals surface area contributed by atoms with Crippen LogP contribution in [0.3, 0.4) is 0 Å². The standard InChI is InChI=1S/C13H17BrFNO3.2C2H6/c1-4-19-13(18)11(5-8(2)3)16-7-9(14)6-10(15)12(16)17;2*1-2/h6-8,11H,4-5H2,1-3H3;2*1-2H3. The number of aromatic nitrogens is 1. The van der Waals surface area contributed by atoms with Crippen LogP contribution in [0.4, 0.5) is 4.39 Å². The van der Waals surface area contributed by atoms with E-state index in [2.05, 4.69) is 15.9 Å². The number of rotatable bonds is 5. The third-order valence-electron chi connectivity index (χ3n) is 2.55. The third-order valence-corrected chi connectivity index (χ3v) is 2.99. The third kappa shape index (κ3) is 8.30. The summed E-state index contributed by atoms with van der Waals surface area (Å²) >= 11 is 3.12. The number of carbonyl (C=O) groups is 1. The van der Waals surface area contributed by atoms with Crippen LogP contribution in [-0.4, -0.2) is 17.1 Å². The highest BCUT2D eigenvalue weighted by molar-refractivity contribution is 9.10. The second-order valence-corrected chi connectivity index (χ2v) is 5.53. The minimum Gasteiger partial charge on any atom is -0.464 e. The highest BCUT2D eigenvalue weighted by atomic mass is 79.9. The Morgan fingerprint density at radius 2 is 1.83 bits per heavy atom. The average Bonchev–Trinajstić information content (AvgIpc) is 2.52. The molecular formula is C17H29BrFNO3. The van der Waals surface area contributed by atoms with E-state index in [-0.39, 0.29) is 12.5 Å². The maximum atomic E-state index is 13.5. The van der Waals surface area contributed by atoms with Crippen molar-refractivity contribution in [3.63, 3.8) is 0 Å². The minimum absolute atomic E-state index is 0.170. The first-order valence-electron chi connectivity index (χ1n) is 8.10. The van der Waals surface area contributed by atoms with Gasteiger partial charge in [0.25, 0.3) is 5.56 Å². The number of hydrogen-bond donors (Lipinski definition) is 0. The molecule has 0 N–H and O–H groups in total. The Morgan fingerprint density at radius 3 is 2.26 bits per heavy atom. The Balaban J connectivity index is 0. The largest absolute Gasteiger partial charge is 0.464 e. The number of nitrogens with zero attached hydrogens (tertiary/aromatic N) is 1. The van der Waals surface area contributed by atoms with E-state index in [1.807, 2.05) is 41.5 Å². The van der Waals surface area contributed by atoms with E-state index in [9.17, 15) is 14.0 Å². The molecule has 1 aromatic heterocycles. The van der Waals surface area contributed by atoms with Crippen LogP contribution < -0.4 is 5.56 Å². The molecule has 23 heavy (non-hydrogen) atoms. The summed E-state index contributed by atoms with van der Waals surface area (Å²) in [5.41, 5.74) is -0.818. The average molecular weight is 394 g/mol. The molecule has 0 spiro atoms. The van der Waals surface area contributed by atoms with Crippen molar-refractivity contribution in [2.75, 3.05) is 6.61 Å². The molecule has 0 aliphatic rings. The molecule has 0 aliphatic carbocycles. The zero-order valence-corrected chi connectivity index (χ0v) is 16.7. The van der Waals surface area contributed by atoms with E-state index in [4.69, 9.17) is 4.74 Å². The van der Waals surface area contributed by atoms with E-state index in [1.54, 1.807) is 6.92 Å². The van der Waals surface area contributed by atoms with Gasteiger partial charge in [-0.2, -0.15) is 0 Å². The van der Waals surface area contributed by atoms with Crippen LogP contribution >= 0.6 is 15.9 Å².